The highest BCUT2D eigenvalue weighted by atomic mass is 16.5. The van der Waals surface area contributed by atoms with Gasteiger partial charge in [0.1, 0.15) is 11.5 Å². The maximum absolute atomic E-state index is 6.93. The van der Waals surface area contributed by atoms with E-state index in [9.17, 15) is 0 Å². The molecule has 0 fully saturated rings. The molecule has 3 aliphatic rings. The summed E-state index contributed by atoms with van der Waals surface area (Å²) in [6.45, 7) is 0. The average molecular weight is 583 g/mol. The first-order chi connectivity index (χ1) is 22.8. The van der Waals surface area contributed by atoms with E-state index in [0.29, 0.717) is 0 Å². The van der Waals surface area contributed by atoms with Gasteiger partial charge in [0.2, 0.25) is 0 Å². The van der Waals surface area contributed by atoms with Gasteiger partial charge in [-0.25, -0.2) is 0 Å². The molecule has 1 nitrogen and oxygen atoms in total. The summed E-state index contributed by atoms with van der Waals surface area (Å²) in [4.78, 5) is 0. The Balaban J connectivity index is 1.32. The fourth-order valence-corrected chi connectivity index (χ4v) is 8.98. The Bertz CT molecular complexity index is 2610. The highest BCUT2D eigenvalue weighted by Crippen LogP contribution is 2.66. The van der Waals surface area contributed by atoms with E-state index in [1.807, 2.05) is 0 Å². The first kappa shape index (κ1) is 24.4. The lowest BCUT2D eigenvalue weighted by Crippen LogP contribution is -2.27. The standard InChI is InChI=1S/C45H26O/c1-2-13-29-27(11-1)23-25-36-31-15-4-7-21-39(31)45(42(29)36)38-20-6-3-14-30(38)34-18-10-19-35(43(34)45)37-26-24-28-12-9-17-33-32-16-5-8-22-40(32)46-44(37)41(28)33/h1-26H. The zero-order valence-electron chi connectivity index (χ0n) is 24.9. The van der Waals surface area contributed by atoms with Crippen molar-refractivity contribution in [2.24, 2.45) is 0 Å². The zero-order valence-corrected chi connectivity index (χ0v) is 24.9. The van der Waals surface area contributed by atoms with Crippen molar-refractivity contribution < 1.29 is 4.74 Å². The highest BCUT2D eigenvalue weighted by molar-refractivity contribution is 6.10. The molecule has 46 heavy (non-hydrogen) atoms. The van der Waals surface area contributed by atoms with Crippen molar-refractivity contribution in [3.63, 3.8) is 0 Å². The summed E-state index contributed by atoms with van der Waals surface area (Å²) in [5.41, 5.74) is 14.9. The fourth-order valence-electron chi connectivity index (χ4n) is 8.98. The van der Waals surface area contributed by atoms with Gasteiger partial charge >= 0.3 is 0 Å². The predicted octanol–water partition coefficient (Wildman–Crippen LogP) is 11.8. The van der Waals surface area contributed by atoms with Crippen LogP contribution in [0.15, 0.2) is 158 Å². The highest BCUT2D eigenvalue weighted by Gasteiger charge is 2.53. The third-order valence-electron chi connectivity index (χ3n) is 10.7. The number of ether oxygens (including phenoxy) is 1. The fraction of sp³-hybridized carbons (Fsp3) is 0.0222. The first-order valence-electron chi connectivity index (χ1n) is 16.0. The molecule has 1 spiro atoms. The summed E-state index contributed by atoms with van der Waals surface area (Å²) in [5.74, 6) is 1.85. The van der Waals surface area contributed by atoms with Crippen molar-refractivity contribution in [1.29, 1.82) is 0 Å². The maximum atomic E-state index is 6.93. The molecule has 8 aromatic rings. The molecule has 8 aromatic carbocycles. The molecule has 11 rings (SSSR count). The topological polar surface area (TPSA) is 9.23 Å². The van der Waals surface area contributed by atoms with Crippen molar-refractivity contribution in [3.05, 3.63) is 180 Å². The van der Waals surface area contributed by atoms with E-state index >= 15 is 0 Å². The summed E-state index contributed by atoms with van der Waals surface area (Å²) in [6, 6.07) is 58.1. The Labute approximate surface area is 267 Å². The molecule has 212 valence electrons. The lowest BCUT2D eigenvalue weighted by molar-refractivity contribution is 0.488. The minimum atomic E-state index is -0.483. The largest absolute Gasteiger partial charge is 0.455 e. The van der Waals surface area contributed by atoms with Crippen LogP contribution in [-0.2, 0) is 5.41 Å². The Morgan fingerprint density at radius 2 is 0.891 bits per heavy atom. The molecule has 1 atom stereocenters. The van der Waals surface area contributed by atoms with Crippen LogP contribution in [0.1, 0.15) is 22.3 Å². The van der Waals surface area contributed by atoms with Crippen molar-refractivity contribution in [1.82, 2.24) is 0 Å². The van der Waals surface area contributed by atoms with Gasteiger partial charge in [-0.3, -0.25) is 0 Å². The molecule has 1 unspecified atom stereocenters. The second-order valence-electron chi connectivity index (χ2n) is 12.7. The minimum Gasteiger partial charge on any atom is -0.455 e. The second kappa shape index (κ2) is 8.62. The summed E-state index contributed by atoms with van der Waals surface area (Å²) >= 11 is 0. The van der Waals surface area contributed by atoms with E-state index in [-0.39, 0.29) is 0 Å². The van der Waals surface area contributed by atoms with E-state index in [1.54, 1.807) is 0 Å². The molecular formula is C45H26O. The summed E-state index contributed by atoms with van der Waals surface area (Å²) in [7, 11) is 0. The molecule has 1 heterocycles. The number of rotatable bonds is 1. The normalized spacial score (nSPS) is 16.1. The van der Waals surface area contributed by atoms with Gasteiger partial charge in [-0.2, -0.15) is 0 Å². The smallest absolute Gasteiger partial charge is 0.143 e. The zero-order chi connectivity index (χ0) is 30.0. The number of hydrogen-bond donors (Lipinski definition) is 0. The predicted molar refractivity (Wildman–Crippen MR) is 189 cm³/mol. The Morgan fingerprint density at radius 1 is 0.348 bits per heavy atom. The summed E-state index contributed by atoms with van der Waals surface area (Å²) in [6.07, 6.45) is 0. The Hall–Kier alpha value is -5.92. The molecular weight excluding hydrogens is 556 g/mol. The molecule has 0 N–H and O–H groups in total. The van der Waals surface area contributed by atoms with Crippen molar-refractivity contribution in [2.75, 3.05) is 0 Å². The van der Waals surface area contributed by atoms with Gasteiger partial charge in [0.15, 0.2) is 0 Å². The molecule has 1 heteroatoms. The van der Waals surface area contributed by atoms with E-state index in [0.717, 1.165) is 22.6 Å². The molecule has 1 aliphatic heterocycles. The SMILES string of the molecule is c1ccc2c(c1)Oc1c(-c3cccc4c3C3(c5ccccc5-4)c4ccccc4-c4ccc5ccccc5c43)ccc3cccc-2c13. The van der Waals surface area contributed by atoms with Crippen LogP contribution in [0.2, 0.25) is 0 Å². The van der Waals surface area contributed by atoms with Crippen molar-refractivity contribution in [3.8, 4) is 56.0 Å². The first-order valence-corrected chi connectivity index (χ1v) is 16.0. The van der Waals surface area contributed by atoms with Gasteiger partial charge in [0.25, 0.3) is 0 Å². The lowest BCUT2D eigenvalue weighted by Gasteiger charge is -2.33. The van der Waals surface area contributed by atoms with Crippen LogP contribution in [0.3, 0.4) is 0 Å². The minimum absolute atomic E-state index is 0.483. The van der Waals surface area contributed by atoms with Crippen molar-refractivity contribution >= 4 is 21.5 Å². The van der Waals surface area contributed by atoms with E-state index in [2.05, 4.69) is 158 Å². The van der Waals surface area contributed by atoms with Gasteiger partial charge in [0.05, 0.1) is 5.41 Å². The van der Waals surface area contributed by atoms with Crippen LogP contribution >= 0.6 is 0 Å². The monoisotopic (exact) mass is 582 g/mol. The van der Waals surface area contributed by atoms with E-state index in [4.69, 9.17) is 4.74 Å². The van der Waals surface area contributed by atoms with Crippen molar-refractivity contribution in [2.45, 2.75) is 5.41 Å². The molecule has 0 bridgehead atoms. The number of benzene rings is 8. The van der Waals surface area contributed by atoms with Crippen LogP contribution in [0.4, 0.5) is 0 Å². The number of fused-ring (bicyclic) bond motifs is 14. The van der Waals surface area contributed by atoms with Crippen LogP contribution in [-0.4, -0.2) is 0 Å². The summed E-state index contributed by atoms with van der Waals surface area (Å²) < 4.78 is 6.93. The van der Waals surface area contributed by atoms with Crippen LogP contribution in [0.5, 0.6) is 11.5 Å². The molecule has 0 aromatic heterocycles. The Kier molecular flexibility index (Phi) is 4.57. The Morgan fingerprint density at radius 3 is 1.72 bits per heavy atom. The third-order valence-corrected chi connectivity index (χ3v) is 10.7. The third kappa shape index (κ3) is 2.83. The van der Waals surface area contributed by atoms with Gasteiger partial charge in [-0.1, -0.05) is 146 Å². The van der Waals surface area contributed by atoms with Gasteiger partial charge in [-0.05, 0) is 83.9 Å². The molecule has 0 amide bonds. The van der Waals surface area contributed by atoms with Gasteiger partial charge in [-0.15, -0.1) is 0 Å². The molecule has 0 radical (unpaired) electrons. The van der Waals surface area contributed by atoms with Gasteiger partial charge < -0.3 is 4.74 Å². The van der Waals surface area contributed by atoms with E-state index < -0.39 is 5.41 Å². The maximum Gasteiger partial charge on any atom is 0.143 e. The average Bonchev–Trinajstić information content (AvgIpc) is 3.59. The van der Waals surface area contributed by atoms with E-state index in [1.165, 1.54) is 77.2 Å². The number of para-hydroxylation sites is 1. The molecule has 0 saturated heterocycles. The van der Waals surface area contributed by atoms with Gasteiger partial charge in [0, 0.05) is 16.5 Å². The summed E-state index contributed by atoms with van der Waals surface area (Å²) in [5, 5.41) is 4.95. The quantitative estimate of drug-likeness (QED) is 0.187. The lowest BCUT2D eigenvalue weighted by atomic mass is 9.67. The van der Waals surface area contributed by atoms with Crippen LogP contribution in [0, 0.1) is 0 Å². The number of hydrogen-bond acceptors (Lipinski definition) is 1. The molecule has 2 aliphatic carbocycles. The van der Waals surface area contributed by atoms with Crippen LogP contribution < -0.4 is 4.74 Å². The van der Waals surface area contributed by atoms with Crippen LogP contribution in [0.25, 0.3) is 66.1 Å². The second-order valence-corrected chi connectivity index (χ2v) is 12.7. The molecule has 0 saturated carbocycles.